The number of rotatable bonds is 2. The average molecular weight is 387 g/mol. The van der Waals surface area contributed by atoms with Crippen molar-refractivity contribution in [1.82, 2.24) is 0 Å². The Balaban J connectivity index is 2.70. The third-order valence-electron chi connectivity index (χ3n) is 4.81. The van der Waals surface area contributed by atoms with Crippen molar-refractivity contribution in [2.45, 2.75) is 70.4 Å². The minimum atomic E-state index is -0.143. The van der Waals surface area contributed by atoms with Crippen LogP contribution in [0.3, 0.4) is 0 Å². The van der Waals surface area contributed by atoms with Crippen molar-refractivity contribution >= 4 is 0 Å². The molecule has 2 nitrogen and oxygen atoms in total. The van der Waals surface area contributed by atoms with Crippen molar-refractivity contribution < 1.29 is 30.6 Å². The van der Waals surface area contributed by atoms with Crippen LogP contribution in [0.1, 0.15) is 79.1 Å². The molecule has 0 bridgehead atoms. The molecule has 2 rings (SSSR count). The first kappa shape index (κ1) is 21.1. The summed E-state index contributed by atoms with van der Waals surface area (Å²) in [7, 11) is 0. The van der Waals surface area contributed by atoms with Crippen LogP contribution in [0.4, 0.5) is 0 Å². The molecule has 0 heterocycles. The van der Waals surface area contributed by atoms with Gasteiger partial charge in [-0.2, -0.15) is 0 Å². The fraction of sp³-hybridized carbons (Fsp3) is 0.478. The molecular weight excluding hydrogens is 356 g/mol. The molecule has 0 aromatic heterocycles. The van der Waals surface area contributed by atoms with E-state index >= 15 is 0 Å². The molecule has 0 spiro atoms. The molecule has 0 atom stereocenters. The second-order valence-electron chi connectivity index (χ2n) is 9.43. The van der Waals surface area contributed by atoms with E-state index in [-0.39, 0.29) is 15.1 Å². The fourth-order valence-electron chi connectivity index (χ4n) is 3.36. The molecule has 2 aromatic carbocycles. The Bertz CT molecular complexity index is 754. The second-order valence-corrected chi connectivity index (χ2v) is 10.3. The summed E-state index contributed by atoms with van der Waals surface area (Å²) in [4.78, 5) is 0. The van der Waals surface area contributed by atoms with Gasteiger partial charge in [0.2, 0.25) is 0 Å². The Morgan fingerprint density at radius 3 is 1.27 bits per heavy atom. The quantitative estimate of drug-likeness (QED) is 0.626. The van der Waals surface area contributed by atoms with E-state index in [1.165, 1.54) is 0 Å². The van der Waals surface area contributed by atoms with Crippen LogP contribution >= 0.6 is 0 Å². The first-order chi connectivity index (χ1) is 11.7. The zero-order chi connectivity index (χ0) is 20.0. The molecule has 0 radical (unpaired) electrons. The first-order valence-electron chi connectivity index (χ1n) is 9.12. The van der Waals surface area contributed by atoms with Crippen molar-refractivity contribution in [3.63, 3.8) is 0 Å². The molecule has 0 fully saturated rings. The Morgan fingerprint density at radius 2 is 1.00 bits per heavy atom. The van der Waals surface area contributed by atoms with Crippen LogP contribution in [0.15, 0.2) is 24.3 Å². The van der Waals surface area contributed by atoms with Crippen molar-refractivity contribution in [3.8, 4) is 11.5 Å². The predicted octanol–water partition coefficient (Wildman–Crippen LogP) is 5.95. The van der Waals surface area contributed by atoms with Crippen LogP contribution in [-0.2, 0) is 31.3 Å². The normalized spacial score (nSPS) is 12.6. The predicted molar refractivity (Wildman–Crippen MR) is 105 cm³/mol. The van der Waals surface area contributed by atoms with E-state index in [1.807, 2.05) is 12.1 Å². The first-order valence-corrected chi connectivity index (χ1v) is 10.0. The molecule has 139 valence electrons. The van der Waals surface area contributed by atoms with Gasteiger partial charge in [-0.05, 0) is 0 Å². The summed E-state index contributed by atoms with van der Waals surface area (Å²) in [5.74, 6) is 0.683. The maximum absolute atomic E-state index is 11.0. The summed E-state index contributed by atoms with van der Waals surface area (Å²) in [6, 6.07) is 8.19. The van der Waals surface area contributed by atoms with E-state index in [2.05, 4.69) is 88.0 Å². The van der Waals surface area contributed by atoms with E-state index in [0.717, 1.165) is 33.4 Å². The van der Waals surface area contributed by atoms with Gasteiger partial charge in [0.15, 0.2) is 0 Å². The van der Waals surface area contributed by atoms with Gasteiger partial charge in [-0.3, -0.25) is 0 Å². The summed E-state index contributed by atoms with van der Waals surface area (Å²) in [6.07, 6.45) is 0. The van der Waals surface area contributed by atoms with Crippen molar-refractivity contribution in [1.29, 1.82) is 0 Å². The third kappa shape index (κ3) is 4.18. The van der Waals surface area contributed by atoms with Gasteiger partial charge in [-0.25, -0.2) is 0 Å². The number of hydrogen-bond donors (Lipinski definition) is 2. The number of phenolic OH excluding ortho intramolecular Hbond substituents is 2. The number of aryl methyl sites for hydroxylation is 2. The van der Waals surface area contributed by atoms with E-state index in [0.29, 0.717) is 11.5 Å². The van der Waals surface area contributed by atoms with Crippen LogP contribution in [0.2, 0.25) is 0 Å². The summed E-state index contributed by atoms with van der Waals surface area (Å²) >= 11 is 2.06. The molecule has 0 saturated heterocycles. The van der Waals surface area contributed by atoms with Crippen molar-refractivity contribution in [2.24, 2.45) is 0 Å². The Hall–Kier alpha value is -1.25. The van der Waals surface area contributed by atoms with Gasteiger partial charge in [0.25, 0.3) is 0 Å². The van der Waals surface area contributed by atoms with Crippen LogP contribution in [0.25, 0.3) is 0 Å². The Morgan fingerprint density at radius 1 is 0.692 bits per heavy atom. The molecule has 0 amide bonds. The molecular formula is C23H31O2Ti. The standard InChI is InChI=1S/C23H31O2.Ti/c1-14-9-16(20(24)18(11-14)22(3,4)5)13-17-10-15(2)12-19(21(17)25)23(6,7)8;/h9-13,24-25H,1-8H3;. The number of phenols is 2. The van der Waals surface area contributed by atoms with Crippen molar-refractivity contribution in [3.05, 3.63) is 57.6 Å². The Labute approximate surface area is 170 Å². The summed E-state index contributed by atoms with van der Waals surface area (Å²) in [5.41, 5.74) is 5.60. The summed E-state index contributed by atoms with van der Waals surface area (Å²) in [6.45, 7) is 16.8. The topological polar surface area (TPSA) is 40.5 Å². The average Bonchev–Trinajstić information content (AvgIpc) is 2.48. The molecule has 3 heteroatoms. The number of hydrogen-bond acceptors (Lipinski definition) is 2. The van der Waals surface area contributed by atoms with Gasteiger partial charge >= 0.3 is 170 Å². The van der Waals surface area contributed by atoms with E-state index in [9.17, 15) is 10.2 Å². The van der Waals surface area contributed by atoms with Crippen LogP contribution in [-0.4, -0.2) is 10.2 Å². The van der Waals surface area contributed by atoms with E-state index in [1.54, 1.807) is 0 Å². The molecule has 0 aliphatic heterocycles. The van der Waals surface area contributed by atoms with Gasteiger partial charge in [-0.1, -0.05) is 0 Å². The van der Waals surface area contributed by atoms with Gasteiger partial charge < -0.3 is 0 Å². The molecule has 0 aliphatic rings. The van der Waals surface area contributed by atoms with Crippen LogP contribution < -0.4 is 0 Å². The van der Waals surface area contributed by atoms with E-state index < -0.39 is 0 Å². The second kappa shape index (κ2) is 7.05. The maximum atomic E-state index is 11.0. The van der Waals surface area contributed by atoms with Crippen molar-refractivity contribution in [2.75, 3.05) is 0 Å². The zero-order valence-corrected chi connectivity index (χ0v) is 18.8. The Kier molecular flexibility index (Phi) is 5.71. The van der Waals surface area contributed by atoms with Gasteiger partial charge in [-0.15, -0.1) is 0 Å². The zero-order valence-electron chi connectivity index (χ0n) is 17.3. The molecule has 0 aliphatic carbocycles. The van der Waals surface area contributed by atoms with Gasteiger partial charge in [0.05, 0.1) is 0 Å². The SMILES string of the molecule is Cc1cc([CH]([Ti])c2cc(C)cc(C(C)(C)C)c2O)c(O)c(C(C)(C)C)c1. The molecule has 26 heavy (non-hydrogen) atoms. The fourth-order valence-corrected chi connectivity index (χ4v) is 4.05. The molecule has 0 unspecified atom stereocenters. The summed E-state index contributed by atoms with van der Waals surface area (Å²) in [5, 5.41) is 22.0. The molecule has 2 N–H and O–H groups in total. The van der Waals surface area contributed by atoms with Gasteiger partial charge in [0, 0.05) is 0 Å². The molecule has 2 aromatic rings. The number of aromatic hydroxyl groups is 2. The van der Waals surface area contributed by atoms with Crippen LogP contribution in [0, 0.1) is 13.8 Å². The van der Waals surface area contributed by atoms with E-state index in [4.69, 9.17) is 0 Å². The monoisotopic (exact) mass is 387 g/mol. The third-order valence-corrected chi connectivity index (χ3v) is 5.78. The minimum absolute atomic E-state index is 0.100. The van der Waals surface area contributed by atoms with Crippen LogP contribution in [0.5, 0.6) is 11.5 Å². The summed E-state index contributed by atoms with van der Waals surface area (Å²) < 4.78 is -0.100. The number of benzene rings is 2. The van der Waals surface area contributed by atoms with Gasteiger partial charge in [0.1, 0.15) is 0 Å². The molecule has 0 saturated carbocycles.